The fraction of sp³-hybridized carbons (Fsp3) is 0.923. The number of hydrogen-bond acceptors (Lipinski definition) is 2. The van der Waals surface area contributed by atoms with E-state index < -0.39 is 0 Å². The Morgan fingerprint density at radius 2 is 1.38 bits per heavy atom. The Morgan fingerprint density at radius 3 is 1.69 bits per heavy atom. The molecule has 2 aliphatic heterocycles. The first-order chi connectivity index (χ1) is 7.68. The first-order valence-electron chi connectivity index (χ1n) is 6.66. The van der Waals surface area contributed by atoms with Crippen molar-refractivity contribution in [3.05, 3.63) is 0 Å². The summed E-state index contributed by atoms with van der Waals surface area (Å²) in [5, 5.41) is 0. The van der Waals surface area contributed by atoms with Crippen LogP contribution in [0.1, 0.15) is 47.5 Å². The topological polar surface area (TPSA) is 23.6 Å². The average molecular weight is 228 g/mol. The van der Waals surface area contributed by atoms with E-state index in [0.717, 1.165) is 13.1 Å². The summed E-state index contributed by atoms with van der Waals surface area (Å²) in [6.45, 7) is 11.8. The number of likely N-dealkylation sites (N-methyl/N-ethyl adjacent to an activating group) is 1. The van der Waals surface area contributed by atoms with E-state index in [1.54, 1.807) is 6.92 Å². The van der Waals surface area contributed by atoms with Crippen LogP contribution in [-0.2, 0) is 4.79 Å². The van der Waals surface area contributed by atoms with Gasteiger partial charge in [0.05, 0.1) is 0 Å². The maximum absolute atomic E-state index is 11.3. The number of rotatable bonds is 0. The molecule has 0 aliphatic carbocycles. The molecule has 1 amide bonds. The molecule has 2 heterocycles. The zero-order valence-electron chi connectivity index (χ0n) is 11.8. The summed E-state index contributed by atoms with van der Waals surface area (Å²) in [6.07, 6.45) is 2.41. The first-order valence-corrected chi connectivity index (χ1v) is 6.66. The Labute approximate surface area is 101 Å². The van der Waals surface area contributed by atoms with Crippen molar-refractivity contribution in [2.75, 3.05) is 20.1 Å². The summed E-state index contributed by atoms with van der Waals surface area (Å²) in [6, 6.07) is 1.01. The molecule has 2 unspecified atom stereocenters. The number of amides is 1. The van der Waals surface area contributed by atoms with Gasteiger partial charge in [0.15, 0.2) is 0 Å². The minimum atomic E-state index is 0.260. The van der Waals surface area contributed by atoms with Crippen molar-refractivity contribution in [2.45, 2.75) is 59.5 Å². The molecule has 0 N–H and O–H groups in total. The van der Waals surface area contributed by atoms with Crippen molar-refractivity contribution < 1.29 is 4.79 Å². The first kappa shape index (κ1) is 15.4. The van der Waals surface area contributed by atoms with Gasteiger partial charge in [-0.2, -0.15) is 0 Å². The van der Waals surface area contributed by atoms with Crippen LogP contribution in [0.5, 0.6) is 0 Å². The zero-order chi connectivity index (χ0) is 12.7. The molecule has 2 bridgehead atoms. The van der Waals surface area contributed by atoms with E-state index in [-0.39, 0.29) is 5.91 Å². The van der Waals surface area contributed by atoms with Gasteiger partial charge in [0.1, 0.15) is 0 Å². The summed E-state index contributed by atoms with van der Waals surface area (Å²) >= 11 is 0. The van der Waals surface area contributed by atoms with Gasteiger partial charge >= 0.3 is 0 Å². The summed E-state index contributed by atoms with van der Waals surface area (Å²) in [5.74, 6) is 0.260. The molecule has 2 atom stereocenters. The van der Waals surface area contributed by atoms with Crippen LogP contribution in [0.3, 0.4) is 0 Å². The summed E-state index contributed by atoms with van der Waals surface area (Å²) < 4.78 is 0. The SMILES string of the molecule is CC.CC.CC(=O)N1C2CCC1CN(C)C2. The molecule has 0 saturated carbocycles. The zero-order valence-corrected chi connectivity index (χ0v) is 11.8. The second-order valence-corrected chi connectivity index (χ2v) is 4.03. The Balaban J connectivity index is 0.000000509. The van der Waals surface area contributed by atoms with Crippen molar-refractivity contribution in [1.82, 2.24) is 9.80 Å². The van der Waals surface area contributed by atoms with E-state index in [4.69, 9.17) is 0 Å². The van der Waals surface area contributed by atoms with Gasteiger partial charge in [-0.25, -0.2) is 0 Å². The van der Waals surface area contributed by atoms with Crippen LogP contribution in [0.4, 0.5) is 0 Å². The Morgan fingerprint density at radius 1 is 1.00 bits per heavy atom. The van der Waals surface area contributed by atoms with Gasteiger partial charge in [0.25, 0.3) is 0 Å². The molecule has 2 fully saturated rings. The molecule has 0 radical (unpaired) electrons. The normalized spacial score (nSPS) is 27.5. The molecule has 0 aromatic carbocycles. The minimum absolute atomic E-state index is 0.260. The number of carbonyl (C=O) groups excluding carboxylic acids is 1. The predicted molar refractivity (Wildman–Crippen MR) is 69.5 cm³/mol. The lowest BCUT2D eigenvalue weighted by atomic mass is 10.2. The van der Waals surface area contributed by atoms with Crippen LogP contribution in [0.25, 0.3) is 0 Å². The lowest BCUT2D eigenvalue weighted by Gasteiger charge is -2.38. The van der Waals surface area contributed by atoms with Crippen LogP contribution < -0.4 is 0 Å². The van der Waals surface area contributed by atoms with Gasteiger partial charge in [-0.15, -0.1) is 0 Å². The van der Waals surface area contributed by atoms with Gasteiger partial charge in [-0.05, 0) is 19.9 Å². The monoisotopic (exact) mass is 228 g/mol. The smallest absolute Gasteiger partial charge is 0.220 e. The summed E-state index contributed by atoms with van der Waals surface area (Å²) in [5.41, 5.74) is 0. The van der Waals surface area contributed by atoms with Gasteiger partial charge in [-0.3, -0.25) is 4.79 Å². The van der Waals surface area contributed by atoms with E-state index >= 15 is 0 Å². The quantitative estimate of drug-likeness (QED) is 0.635. The van der Waals surface area contributed by atoms with E-state index in [0.29, 0.717) is 12.1 Å². The van der Waals surface area contributed by atoms with Crippen LogP contribution in [0.2, 0.25) is 0 Å². The molecule has 3 heteroatoms. The highest BCUT2D eigenvalue weighted by Gasteiger charge is 2.39. The van der Waals surface area contributed by atoms with E-state index in [1.807, 2.05) is 27.7 Å². The van der Waals surface area contributed by atoms with Gasteiger partial charge < -0.3 is 9.80 Å². The Kier molecular flexibility index (Phi) is 7.39. The van der Waals surface area contributed by atoms with E-state index in [9.17, 15) is 4.79 Å². The molecule has 3 nitrogen and oxygen atoms in total. The third-order valence-electron chi connectivity index (χ3n) is 3.03. The molecule has 16 heavy (non-hydrogen) atoms. The second kappa shape index (κ2) is 7.66. The Bertz CT molecular complexity index is 192. The highest BCUT2D eigenvalue weighted by atomic mass is 16.2. The number of fused-ring (bicyclic) bond motifs is 2. The maximum Gasteiger partial charge on any atom is 0.220 e. The highest BCUT2D eigenvalue weighted by molar-refractivity contribution is 5.74. The third-order valence-corrected chi connectivity index (χ3v) is 3.03. The second-order valence-electron chi connectivity index (χ2n) is 4.03. The number of nitrogens with zero attached hydrogens (tertiary/aromatic N) is 2. The third kappa shape index (κ3) is 3.48. The molecule has 0 aromatic rings. The van der Waals surface area contributed by atoms with Gasteiger partial charge in [0.2, 0.25) is 5.91 Å². The lowest BCUT2D eigenvalue weighted by molar-refractivity contribution is -0.134. The fourth-order valence-electron chi connectivity index (χ4n) is 2.63. The van der Waals surface area contributed by atoms with Gasteiger partial charge in [-0.1, -0.05) is 27.7 Å². The molecule has 2 aliphatic rings. The highest BCUT2D eigenvalue weighted by Crippen LogP contribution is 2.29. The van der Waals surface area contributed by atoms with Crippen molar-refractivity contribution in [1.29, 1.82) is 0 Å². The number of carbonyl (C=O) groups is 1. The average Bonchev–Trinajstić information content (AvgIpc) is 2.57. The standard InChI is InChI=1S/C9H16N2O.2C2H6/c1-7(12)11-8-3-4-9(11)6-10(2)5-8;2*1-2/h8-9H,3-6H2,1-2H3;2*1-2H3. The van der Waals surface area contributed by atoms with Crippen molar-refractivity contribution in [3.63, 3.8) is 0 Å². The van der Waals surface area contributed by atoms with Crippen LogP contribution in [0.15, 0.2) is 0 Å². The number of hydrogen-bond donors (Lipinski definition) is 0. The molecule has 2 saturated heterocycles. The lowest BCUT2D eigenvalue weighted by Crippen LogP contribution is -2.53. The van der Waals surface area contributed by atoms with Crippen LogP contribution in [-0.4, -0.2) is 47.9 Å². The summed E-state index contributed by atoms with van der Waals surface area (Å²) in [4.78, 5) is 15.7. The Hall–Kier alpha value is -0.570. The minimum Gasteiger partial charge on any atom is -0.334 e. The number of likely N-dealkylation sites (tertiary alicyclic amines) is 1. The van der Waals surface area contributed by atoms with Crippen molar-refractivity contribution in [3.8, 4) is 0 Å². The molecular formula is C13H28N2O. The van der Waals surface area contributed by atoms with Crippen molar-refractivity contribution in [2.24, 2.45) is 0 Å². The molecule has 0 aromatic heterocycles. The largest absolute Gasteiger partial charge is 0.334 e. The van der Waals surface area contributed by atoms with Crippen LogP contribution in [0, 0.1) is 0 Å². The van der Waals surface area contributed by atoms with Crippen LogP contribution >= 0.6 is 0 Å². The predicted octanol–water partition coefficient (Wildman–Crippen LogP) is 2.36. The summed E-state index contributed by atoms with van der Waals surface area (Å²) in [7, 11) is 2.14. The number of piperazine rings is 1. The fourth-order valence-corrected chi connectivity index (χ4v) is 2.63. The van der Waals surface area contributed by atoms with E-state index in [2.05, 4.69) is 16.8 Å². The maximum atomic E-state index is 11.3. The molecule has 96 valence electrons. The molecule has 0 spiro atoms. The molecular weight excluding hydrogens is 200 g/mol. The van der Waals surface area contributed by atoms with Crippen molar-refractivity contribution >= 4 is 5.91 Å². The molecule has 2 rings (SSSR count). The van der Waals surface area contributed by atoms with Gasteiger partial charge in [0, 0.05) is 32.1 Å². The van der Waals surface area contributed by atoms with E-state index in [1.165, 1.54) is 12.8 Å².